The van der Waals surface area contributed by atoms with Crippen molar-refractivity contribution >= 4 is 23.2 Å². The SMILES string of the molecule is COc1ccccc1CC(=O)Nc1ccc(N2CCN(C(C)=O)CC2)cc1. The molecule has 0 aromatic heterocycles. The second-order valence-electron chi connectivity index (χ2n) is 6.58. The number of carbonyl (C=O) groups is 2. The Balaban J connectivity index is 1.56. The van der Waals surface area contributed by atoms with Gasteiger partial charge in [-0.3, -0.25) is 9.59 Å². The molecule has 2 aromatic rings. The number of nitrogens with one attached hydrogen (secondary N) is 1. The molecule has 0 saturated carbocycles. The van der Waals surface area contributed by atoms with Crippen LogP contribution in [0.5, 0.6) is 5.75 Å². The van der Waals surface area contributed by atoms with Gasteiger partial charge >= 0.3 is 0 Å². The van der Waals surface area contributed by atoms with Gasteiger partial charge in [0.25, 0.3) is 0 Å². The van der Waals surface area contributed by atoms with E-state index in [0.717, 1.165) is 43.1 Å². The Kier molecular flexibility index (Phi) is 5.96. The lowest BCUT2D eigenvalue weighted by atomic mass is 10.1. The molecular formula is C21H25N3O3. The monoisotopic (exact) mass is 367 g/mol. The fraction of sp³-hybridized carbons (Fsp3) is 0.333. The number of piperazine rings is 1. The van der Waals surface area contributed by atoms with Crippen LogP contribution in [0.4, 0.5) is 11.4 Å². The minimum Gasteiger partial charge on any atom is -0.496 e. The summed E-state index contributed by atoms with van der Waals surface area (Å²) >= 11 is 0. The Hall–Kier alpha value is -3.02. The largest absolute Gasteiger partial charge is 0.496 e. The molecule has 1 fully saturated rings. The summed E-state index contributed by atoms with van der Waals surface area (Å²) < 4.78 is 5.29. The van der Waals surface area contributed by atoms with Crippen LogP contribution in [-0.2, 0) is 16.0 Å². The van der Waals surface area contributed by atoms with Gasteiger partial charge in [0.15, 0.2) is 0 Å². The molecule has 0 atom stereocenters. The van der Waals surface area contributed by atoms with Gasteiger partial charge in [0, 0.05) is 50.0 Å². The Bertz CT molecular complexity index is 797. The van der Waals surface area contributed by atoms with Gasteiger partial charge in [0.05, 0.1) is 13.5 Å². The van der Waals surface area contributed by atoms with Gasteiger partial charge in [0.1, 0.15) is 5.75 Å². The van der Waals surface area contributed by atoms with Crippen LogP contribution in [0.1, 0.15) is 12.5 Å². The Morgan fingerprint density at radius 1 is 1.00 bits per heavy atom. The van der Waals surface area contributed by atoms with E-state index >= 15 is 0 Å². The zero-order valence-electron chi connectivity index (χ0n) is 15.8. The van der Waals surface area contributed by atoms with Gasteiger partial charge in [-0.2, -0.15) is 0 Å². The van der Waals surface area contributed by atoms with E-state index in [1.165, 1.54) is 0 Å². The molecule has 3 rings (SSSR count). The minimum absolute atomic E-state index is 0.0812. The van der Waals surface area contributed by atoms with E-state index in [-0.39, 0.29) is 18.2 Å². The van der Waals surface area contributed by atoms with Crippen molar-refractivity contribution in [1.29, 1.82) is 0 Å². The number of carbonyl (C=O) groups excluding carboxylic acids is 2. The molecule has 1 N–H and O–H groups in total. The maximum absolute atomic E-state index is 12.3. The second-order valence-corrected chi connectivity index (χ2v) is 6.58. The fourth-order valence-corrected chi connectivity index (χ4v) is 3.26. The Labute approximate surface area is 159 Å². The van der Waals surface area contributed by atoms with E-state index < -0.39 is 0 Å². The molecule has 1 saturated heterocycles. The topological polar surface area (TPSA) is 61.9 Å². The molecule has 0 unspecified atom stereocenters. The van der Waals surface area contributed by atoms with E-state index in [0.29, 0.717) is 5.75 Å². The summed E-state index contributed by atoms with van der Waals surface area (Å²) in [5, 5.41) is 2.93. The first kappa shape index (κ1) is 18.8. The molecule has 1 aliphatic heterocycles. The third kappa shape index (κ3) is 4.78. The number of benzene rings is 2. The average molecular weight is 367 g/mol. The predicted molar refractivity (Wildman–Crippen MR) is 106 cm³/mol. The van der Waals surface area contributed by atoms with Crippen molar-refractivity contribution in [3.8, 4) is 5.75 Å². The van der Waals surface area contributed by atoms with Crippen molar-refractivity contribution in [2.24, 2.45) is 0 Å². The third-order valence-electron chi connectivity index (χ3n) is 4.78. The third-order valence-corrected chi connectivity index (χ3v) is 4.78. The molecule has 0 aliphatic carbocycles. The van der Waals surface area contributed by atoms with E-state index in [9.17, 15) is 9.59 Å². The van der Waals surface area contributed by atoms with Crippen molar-refractivity contribution in [3.63, 3.8) is 0 Å². The van der Waals surface area contributed by atoms with Crippen LogP contribution in [0.3, 0.4) is 0 Å². The maximum Gasteiger partial charge on any atom is 0.228 e. The summed E-state index contributed by atoms with van der Waals surface area (Å²) in [5.74, 6) is 0.762. The number of ether oxygens (including phenoxy) is 1. The van der Waals surface area contributed by atoms with Gasteiger partial charge in [-0.1, -0.05) is 18.2 Å². The highest BCUT2D eigenvalue weighted by Gasteiger charge is 2.18. The van der Waals surface area contributed by atoms with Crippen LogP contribution in [0.2, 0.25) is 0 Å². The molecule has 6 nitrogen and oxygen atoms in total. The van der Waals surface area contributed by atoms with Crippen LogP contribution in [0.15, 0.2) is 48.5 Å². The first-order valence-corrected chi connectivity index (χ1v) is 9.09. The Morgan fingerprint density at radius 3 is 2.30 bits per heavy atom. The molecule has 2 aromatic carbocycles. The predicted octanol–water partition coefficient (Wildman–Crippen LogP) is 2.54. The smallest absolute Gasteiger partial charge is 0.228 e. The number of rotatable bonds is 5. The molecule has 27 heavy (non-hydrogen) atoms. The Morgan fingerprint density at radius 2 is 1.67 bits per heavy atom. The summed E-state index contributed by atoms with van der Waals surface area (Å²) in [7, 11) is 1.60. The number of methoxy groups -OCH3 is 1. The van der Waals surface area contributed by atoms with Gasteiger partial charge in [-0.15, -0.1) is 0 Å². The van der Waals surface area contributed by atoms with Gasteiger partial charge in [-0.25, -0.2) is 0 Å². The number of hydrogen-bond acceptors (Lipinski definition) is 4. The van der Waals surface area contributed by atoms with Crippen LogP contribution in [-0.4, -0.2) is 50.0 Å². The van der Waals surface area contributed by atoms with Gasteiger partial charge in [-0.05, 0) is 30.3 Å². The highest BCUT2D eigenvalue weighted by molar-refractivity contribution is 5.92. The summed E-state index contributed by atoms with van der Waals surface area (Å²) in [6.07, 6.45) is 0.263. The van der Waals surface area contributed by atoms with Crippen molar-refractivity contribution in [2.45, 2.75) is 13.3 Å². The highest BCUT2D eigenvalue weighted by Crippen LogP contribution is 2.21. The molecule has 142 valence electrons. The first-order chi connectivity index (χ1) is 13.1. The summed E-state index contributed by atoms with van der Waals surface area (Å²) in [5.41, 5.74) is 2.72. The normalized spacial score (nSPS) is 14.0. The molecule has 2 amide bonds. The minimum atomic E-state index is -0.0812. The molecular weight excluding hydrogens is 342 g/mol. The molecule has 1 heterocycles. The molecule has 6 heteroatoms. The van der Waals surface area contributed by atoms with Gasteiger partial charge in [0.2, 0.25) is 11.8 Å². The zero-order chi connectivity index (χ0) is 19.2. The van der Waals surface area contributed by atoms with E-state index in [1.807, 2.05) is 53.4 Å². The van der Waals surface area contributed by atoms with Crippen LogP contribution < -0.4 is 15.0 Å². The standard InChI is InChI=1S/C21H25N3O3/c1-16(25)23-11-13-24(14-12-23)19-9-7-18(8-10-19)22-21(26)15-17-5-3-4-6-20(17)27-2/h3-10H,11-15H2,1-2H3,(H,22,26). The second kappa shape index (κ2) is 8.58. The average Bonchev–Trinajstić information content (AvgIpc) is 2.69. The quantitative estimate of drug-likeness (QED) is 0.882. The van der Waals surface area contributed by atoms with Crippen molar-refractivity contribution in [3.05, 3.63) is 54.1 Å². The maximum atomic E-state index is 12.3. The van der Waals surface area contributed by atoms with E-state index in [4.69, 9.17) is 4.74 Å². The highest BCUT2D eigenvalue weighted by atomic mass is 16.5. The number of nitrogens with zero attached hydrogens (tertiary/aromatic N) is 2. The van der Waals surface area contributed by atoms with Crippen LogP contribution in [0, 0.1) is 0 Å². The molecule has 0 spiro atoms. The lowest BCUT2D eigenvalue weighted by Crippen LogP contribution is -2.48. The molecule has 0 bridgehead atoms. The van der Waals surface area contributed by atoms with Crippen molar-refractivity contribution < 1.29 is 14.3 Å². The first-order valence-electron chi connectivity index (χ1n) is 9.09. The zero-order valence-corrected chi connectivity index (χ0v) is 15.8. The molecule has 0 radical (unpaired) electrons. The fourth-order valence-electron chi connectivity index (χ4n) is 3.26. The number of para-hydroxylation sites is 1. The molecule has 1 aliphatic rings. The summed E-state index contributed by atoms with van der Waals surface area (Å²) in [6.45, 7) is 4.73. The lowest BCUT2D eigenvalue weighted by Gasteiger charge is -2.35. The number of hydrogen-bond donors (Lipinski definition) is 1. The summed E-state index contributed by atoms with van der Waals surface area (Å²) in [6, 6.07) is 15.3. The van der Waals surface area contributed by atoms with Crippen molar-refractivity contribution in [2.75, 3.05) is 43.5 Å². The van der Waals surface area contributed by atoms with Gasteiger partial charge < -0.3 is 19.9 Å². The number of amides is 2. The number of anilines is 2. The van der Waals surface area contributed by atoms with Crippen LogP contribution in [0.25, 0.3) is 0 Å². The van der Waals surface area contributed by atoms with E-state index in [2.05, 4.69) is 10.2 Å². The van der Waals surface area contributed by atoms with Crippen LogP contribution >= 0.6 is 0 Å². The lowest BCUT2D eigenvalue weighted by molar-refractivity contribution is -0.129. The summed E-state index contributed by atoms with van der Waals surface area (Å²) in [4.78, 5) is 27.9. The van der Waals surface area contributed by atoms with E-state index in [1.54, 1.807) is 14.0 Å². The van der Waals surface area contributed by atoms with Crippen molar-refractivity contribution in [1.82, 2.24) is 4.90 Å².